The Morgan fingerprint density at radius 3 is 2.24 bits per heavy atom. The van der Waals surface area contributed by atoms with Crippen molar-refractivity contribution in [1.29, 1.82) is 10.8 Å². The Morgan fingerprint density at radius 1 is 0.973 bits per heavy atom. The maximum absolute atomic E-state index is 15.1. The zero-order valence-electron chi connectivity index (χ0n) is 21.6. The van der Waals surface area contributed by atoms with Crippen molar-refractivity contribution in [1.82, 2.24) is 9.47 Å². The molecule has 2 N–H and O–H groups in total. The van der Waals surface area contributed by atoms with Crippen LogP contribution in [0.5, 0.6) is 0 Å². The average Bonchev–Trinajstić information content (AvgIpc) is 3.68. The van der Waals surface area contributed by atoms with Gasteiger partial charge in [-0.05, 0) is 93.1 Å². The van der Waals surface area contributed by atoms with Gasteiger partial charge in [0.2, 0.25) is 0 Å². The summed E-state index contributed by atoms with van der Waals surface area (Å²) in [5, 5.41) is 18.0. The van der Waals surface area contributed by atoms with Crippen molar-refractivity contribution in [2.75, 3.05) is 31.1 Å². The molecule has 37 heavy (non-hydrogen) atoms. The third kappa shape index (κ3) is 4.28. The van der Waals surface area contributed by atoms with Gasteiger partial charge in [-0.25, -0.2) is 4.39 Å². The van der Waals surface area contributed by atoms with Crippen LogP contribution in [0.25, 0.3) is 10.9 Å². The van der Waals surface area contributed by atoms with Crippen LogP contribution in [0.4, 0.5) is 10.1 Å². The number of fused-ring (bicyclic) bond motifs is 1. The molecule has 0 spiro atoms. The zero-order chi connectivity index (χ0) is 25.3. The van der Waals surface area contributed by atoms with Crippen molar-refractivity contribution < 1.29 is 4.39 Å². The SMILES string of the molecule is N=C(CC(=N)N1CCN(c2cc3c(cc2F)c(=O)ccn3C2CC2)CC1)CC12CC3CC(CC(C3)C1)C2. The first-order valence-electron chi connectivity index (χ1n) is 14.3. The van der Waals surface area contributed by atoms with Crippen LogP contribution in [0.3, 0.4) is 0 Å². The van der Waals surface area contributed by atoms with Crippen molar-refractivity contribution in [2.24, 2.45) is 23.2 Å². The summed E-state index contributed by atoms with van der Waals surface area (Å²) in [6, 6.07) is 5.22. The van der Waals surface area contributed by atoms with Crippen LogP contribution in [-0.4, -0.2) is 47.2 Å². The minimum atomic E-state index is -0.348. The van der Waals surface area contributed by atoms with Crippen LogP contribution in [-0.2, 0) is 0 Å². The van der Waals surface area contributed by atoms with E-state index in [1.54, 1.807) is 6.07 Å². The highest BCUT2D eigenvalue weighted by Gasteiger charge is 2.51. The molecular formula is C30H38FN5O. The number of halogens is 1. The molecule has 0 unspecified atom stereocenters. The van der Waals surface area contributed by atoms with Gasteiger partial charge in [0.05, 0.1) is 11.2 Å². The highest BCUT2D eigenvalue weighted by atomic mass is 19.1. The number of benzene rings is 1. The molecule has 5 aliphatic carbocycles. The van der Waals surface area contributed by atoms with Gasteiger partial charge >= 0.3 is 0 Å². The molecular weight excluding hydrogens is 465 g/mol. The molecule has 1 aromatic heterocycles. The summed E-state index contributed by atoms with van der Waals surface area (Å²) < 4.78 is 17.3. The fourth-order valence-electron chi connectivity index (χ4n) is 8.75. The molecule has 6 fully saturated rings. The van der Waals surface area contributed by atoms with E-state index in [-0.39, 0.29) is 11.2 Å². The second-order valence-electron chi connectivity index (χ2n) is 12.9. The first-order chi connectivity index (χ1) is 17.9. The van der Waals surface area contributed by atoms with Gasteiger partial charge in [-0.3, -0.25) is 10.2 Å². The van der Waals surface area contributed by atoms with Gasteiger partial charge < -0.3 is 19.8 Å². The Kier molecular flexibility index (Phi) is 5.49. The minimum Gasteiger partial charge on any atom is -0.366 e. The molecule has 1 aliphatic heterocycles. The maximum atomic E-state index is 15.1. The van der Waals surface area contributed by atoms with Crippen molar-refractivity contribution in [3.05, 3.63) is 40.4 Å². The molecule has 4 bridgehead atoms. The number of piperazine rings is 1. The Bertz CT molecular complexity index is 1280. The first-order valence-corrected chi connectivity index (χ1v) is 14.3. The highest BCUT2D eigenvalue weighted by Crippen LogP contribution is 2.61. The molecule has 6 nitrogen and oxygen atoms in total. The monoisotopic (exact) mass is 503 g/mol. The van der Waals surface area contributed by atoms with Crippen molar-refractivity contribution in [2.45, 2.75) is 70.3 Å². The summed E-state index contributed by atoms with van der Waals surface area (Å²) in [7, 11) is 0. The molecule has 0 atom stereocenters. The zero-order valence-corrected chi connectivity index (χ0v) is 21.6. The van der Waals surface area contributed by atoms with Crippen LogP contribution >= 0.6 is 0 Å². The number of rotatable bonds is 6. The topological polar surface area (TPSA) is 76.2 Å². The number of amidine groups is 1. The smallest absolute Gasteiger partial charge is 0.189 e. The first kappa shape index (κ1) is 23.4. The van der Waals surface area contributed by atoms with E-state index in [9.17, 15) is 4.79 Å². The van der Waals surface area contributed by atoms with Crippen molar-refractivity contribution >= 4 is 28.1 Å². The van der Waals surface area contributed by atoms with Crippen LogP contribution in [0.1, 0.15) is 70.3 Å². The molecule has 0 amide bonds. The van der Waals surface area contributed by atoms with E-state index in [0.29, 0.717) is 61.0 Å². The van der Waals surface area contributed by atoms with Crippen LogP contribution in [0.15, 0.2) is 29.2 Å². The molecule has 8 rings (SSSR count). The Morgan fingerprint density at radius 2 is 1.62 bits per heavy atom. The summed E-state index contributed by atoms with van der Waals surface area (Å²) in [4.78, 5) is 16.5. The average molecular weight is 504 g/mol. The van der Waals surface area contributed by atoms with Crippen molar-refractivity contribution in [3.8, 4) is 0 Å². The molecule has 2 heterocycles. The Hall–Kier alpha value is -2.70. The third-order valence-corrected chi connectivity index (χ3v) is 10.1. The van der Waals surface area contributed by atoms with Gasteiger partial charge in [0, 0.05) is 62.0 Å². The lowest BCUT2D eigenvalue weighted by molar-refractivity contribution is -0.0483. The lowest BCUT2D eigenvalue weighted by atomic mass is 9.48. The van der Waals surface area contributed by atoms with Gasteiger partial charge in [-0.2, -0.15) is 0 Å². The normalized spacial score (nSPS) is 30.8. The standard InChI is InChI=1S/C30H38FN5O/c31-25-13-24-26(36(23-1-2-23)4-3-28(24)37)14-27(25)34-5-7-35(8-6-34)29(33)12-22(32)18-30-15-19-9-20(16-30)11-21(10-19)17-30/h3-4,13-14,19-21,23,32-33H,1-2,5-12,15-18H2. The molecule has 6 aliphatic rings. The van der Waals surface area contributed by atoms with Gasteiger partial charge in [0.15, 0.2) is 5.43 Å². The molecule has 196 valence electrons. The summed E-state index contributed by atoms with van der Waals surface area (Å²) in [5.74, 6) is 2.86. The molecule has 7 heteroatoms. The summed E-state index contributed by atoms with van der Waals surface area (Å²) in [6.07, 6.45) is 13.5. The third-order valence-electron chi connectivity index (χ3n) is 10.1. The van der Waals surface area contributed by atoms with Gasteiger partial charge in [-0.15, -0.1) is 0 Å². The number of hydrogen-bond donors (Lipinski definition) is 2. The molecule has 1 aromatic carbocycles. The van der Waals surface area contributed by atoms with Crippen LogP contribution in [0.2, 0.25) is 0 Å². The largest absolute Gasteiger partial charge is 0.366 e. The fourth-order valence-corrected chi connectivity index (χ4v) is 8.75. The second kappa shape index (κ2) is 8.67. The lowest BCUT2D eigenvalue weighted by Gasteiger charge is -2.57. The number of aromatic nitrogens is 1. The predicted octanol–water partition coefficient (Wildman–Crippen LogP) is 5.59. The molecule has 2 aromatic rings. The molecule has 0 radical (unpaired) electrons. The second-order valence-corrected chi connectivity index (χ2v) is 12.9. The van der Waals surface area contributed by atoms with E-state index in [0.717, 1.165) is 48.2 Å². The van der Waals surface area contributed by atoms with Gasteiger partial charge in [0.1, 0.15) is 11.7 Å². The highest BCUT2D eigenvalue weighted by molar-refractivity contribution is 6.01. The molecule has 5 saturated carbocycles. The Balaban J connectivity index is 0.994. The fraction of sp³-hybridized carbons (Fsp3) is 0.633. The minimum absolute atomic E-state index is 0.133. The predicted molar refractivity (Wildman–Crippen MR) is 146 cm³/mol. The summed E-state index contributed by atoms with van der Waals surface area (Å²) in [5.41, 5.74) is 2.31. The van der Waals surface area contributed by atoms with Crippen LogP contribution < -0.4 is 10.3 Å². The molecule has 1 saturated heterocycles. The van der Waals surface area contributed by atoms with E-state index in [4.69, 9.17) is 10.8 Å². The number of anilines is 1. The van der Waals surface area contributed by atoms with E-state index in [2.05, 4.69) is 9.47 Å². The van der Waals surface area contributed by atoms with E-state index in [1.807, 2.05) is 17.2 Å². The van der Waals surface area contributed by atoms with Crippen LogP contribution in [0, 0.1) is 39.8 Å². The number of nitrogens with one attached hydrogen (secondary N) is 2. The van der Waals surface area contributed by atoms with Gasteiger partial charge in [-0.1, -0.05) is 0 Å². The maximum Gasteiger partial charge on any atom is 0.189 e. The summed E-state index contributed by atoms with van der Waals surface area (Å²) in [6.45, 7) is 2.58. The number of pyridine rings is 1. The summed E-state index contributed by atoms with van der Waals surface area (Å²) >= 11 is 0. The Labute approximate surface area is 217 Å². The van der Waals surface area contributed by atoms with Gasteiger partial charge in [0.25, 0.3) is 0 Å². The van der Waals surface area contributed by atoms with Crippen molar-refractivity contribution in [3.63, 3.8) is 0 Å². The van der Waals surface area contributed by atoms with E-state index < -0.39 is 0 Å². The number of nitrogens with zero attached hydrogens (tertiary/aromatic N) is 3. The quantitative estimate of drug-likeness (QED) is 0.398. The van der Waals surface area contributed by atoms with E-state index in [1.165, 1.54) is 44.6 Å². The number of hydrogen-bond acceptors (Lipinski definition) is 4. The lowest BCUT2D eigenvalue weighted by Crippen LogP contribution is -2.49. The van der Waals surface area contributed by atoms with E-state index >= 15 is 4.39 Å².